The Morgan fingerprint density at radius 3 is 2.44 bits per heavy atom. The minimum atomic E-state index is -4.78. The third-order valence-electron chi connectivity index (χ3n) is 6.39. The van der Waals surface area contributed by atoms with Crippen LogP contribution >= 0.6 is 11.6 Å². The van der Waals surface area contributed by atoms with Crippen molar-refractivity contribution in [3.05, 3.63) is 57.6 Å². The molecule has 0 aliphatic carbocycles. The number of halogens is 4. The average Bonchev–Trinajstić information content (AvgIpc) is 3.26. The first-order chi connectivity index (χ1) is 18.9. The molecule has 0 unspecified atom stereocenters. The normalized spacial score (nSPS) is 16.4. The largest absolute Gasteiger partial charge is 0.444 e. The summed E-state index contributed by atoms with van der Waals surface area (Å²) in [4.78, 5) is 26.7. The summed E-state index contributed by atoms with van der Waals surface area (Å²) < 4.78 is 72.3. The number of rotatable bonds is 8. The molecule has 0 aromatic heterocycles. The number of carbonyl (C=O) groups is 2. The number of anilines is 1. The maximum atomic E-state index is 14.1. The topological polar surface area (TPSA) is 131 Å². The molecule has 3 rings (SSSR count). The van der Waals surface area contributed by atoms with Crippen molar-refractivity contribution in [1.29, 1.82) is 0 Å². The Balaban J connectivity index is 1.77. The summed E-state index contributed by atoms with van der Waals surface area (Å²) in [5.41, 5.74) is 3.86. The van der Waals surface area contributed by atoms with Crippen LogP contribution in [0.15, 0.2) is 35.2 Å². The van der Waals surface area contributed by atoms with Crippen molar-refractivity contribution in [2.24, 2.45) is 0 Å². The zero-order valence-electron chi connectivity index (χ0n) is 23.2. The van der Waals surface area contributed by atoms with Gasteiger partial charge in [0.15, 0.2) is 9.84 Å². The molecule has 41 heavy (non-hydrogen) atoms. The summed E-state index contributed by atoms with van der Waals surface area (Å²) in [7, 11) is -3.65. The van der Waals surface area contributed by atoms with Gasteiger partial charge in [0.25, 0.3) is 5.91 Å². The molecule has 1 atom stereocenters. The zero-order chi connectivity index (χ0) is 30.8. The predicted molar refractivity (Wildman–Crippen MR) is 149 cm³/mol. The van der Waals surface area contributed by atoms with Gasteiger partial charge in [-0.05, 0) is 68.7 Å². The Morgan fingerprint density at radius 2 is 1.83 bits per heavy atom. The maximum absolute atomic E-state index is 14.1. The van der Waals surface area contributed by atoms with E-state index in [0.717, 1.165) is 6.07 Å². The summed E-state index contributed by atoms with van der Waals surface area (Å²) in [5.74, 6) is -1.09. The molecule has 1 fully saturated rings. The van der Waals surface area contributed by atoms with Crippen molar-refractivity contribution >= 4 is 39.1 Å². The molecule has 2 amide bonds. The van der Waals surface area contributed by atoms with Gasteiger partial charge >= 0.3 is 12.3 Å². The molecule has 0 spiro atoms. The Labute approximate surface area is 242 Å². The van der Waals surface area contributed by atoms with Crippen LogP contribution in [-0.2, 0) is 33.8 Å². The van der Waals surface area contributed by atoms with Gasteiger partial charge in [-0.1, -0.05) is 18.5 Å². The lowest BCUT2D eigenvalue weighted by Gasteiger charge is -2.23. The number of hydrogen-bond donors (Lipinski definition) is 3. The van der Waals surface area contributed by atoms with Crippen LogP contribution in [0.2, 0.25) is 5.02 Å². The minimum absolute atomic E-state index is 0.0333. The number of sulfone groups is 1. The number of alkyl halides is 3. The molecular formula is C27H34ClF3N4O5S. The standard InChI is InChI=1S/C27H34ClF3N4O5S/c1-5-41(38,39)23-7-6-18(28)10-16(23)13-33-24(36)20-12-21(27(29,30)31)17(11-22(20)32)14-35-9-8-19(15-35)34-25(37)40-26(2,3)4/h6-7,10-12,19H,5,8-9,13-15,32H2,1-4H3,(H,33,36)(H,34,37)/t19-/m1/s1. The van der Waals surface area contributed by atoms with E-state index in [9.17, 15) is 31.2 Å². The monoisotopic (exact) mass is 618 g/mol. The first-order valence-corrected chi connectivity index (χ1v) is 14.9. The lowest BCUT2D eigenvalue weighted by molar-refractivity contribution is -0.138. The number of nitrogens with one attached hydrogen (secondary N) is 2. The number of likely N-dealkylation sites (tertiary alicyclic amines) is 1. The van der Waals surface area contributed by atoms with Gasteiger partial charge < -0.3 is 21.1 Å². The highest BCUT2D eigenvalue weighted by atomic mass is 35.5. The molecule has 1 aliphatic rings. The van der Waals surface area contributed by atoms with Crippen LogP contribution in [-0.4, -0.2) is 55.8 Å². The van der Waals surface area contributed by atoms with E-state index in [1.54, 1.807) is 25.7 Å². The van der Waals surface area contributed by atoms with Crippen LogP contribution in [0.3, 0.4) is 0 Å². The minimum Gasteiger partial charge on any atom is -0.444 e. The van der Waals surface area contributed by atoms with Crippen molar-refractivity contribution in [3.8, 4) is 0 Å². The van der Waals surface area contributed by atoms with Crippen molar-refractivity contribution in [1.82, 2.24) is 15.5 Å². The molecule has 1 saturated heterocycles. The fourth-order valence-corrected chi connectivity index (χ4v) is 5.79. The summed E-state index contributed by atoms with van der Waals surface area (Å²) >= 11 is 6.00. The molecule has 0 bridgehead atoms. The van der Waals surface area contributed by atoms with E-state index >= 15 is 0 Å². The number of nitrogens with two attached hydrogens (primary N) is 1. The van der Waals surface area contributed by atoms with Gasteiger partial charge in [0, 0.05) is 42.9 Å². The number of hydrogen-bond acceptors (Lipinski definition) is 7. The first kappa shape index (κ1) is 32.5. The van der Waals surface area contributed by atoms with Gasteiger partial charge in [0.2, 0.25) is 0 Å². The Morgan fingerprint density at radius 1 is 1.15 bits per heavy atom. The smallest absolute Gasteiger partial charge is 0.416 e. The summed E-state index contributed by atoms with van der Waals surface area (Å²) in [6.07, 6.45) is -4.85. The lowest BCUT2D eigenvalue weighted by Crippen LogP contribution is -2.40. The number of ether oxygens (including phenoxy) is 1. The fraction of sp³-hybridized carbons (Fsp3) is 0.481. The van der Waals surface area contributed by atoms with Gasteiger partial charge in [0.05, 0.1) is 21.8 Å². The van der Waals surface area contributed by atoms with Crippen LogP contribution in [0.5, 0.6) is 0 Å². The van der Waals surface area contributed by atoms with Crippen molar-refractivity contribution in [3.63, 3.8) is 0 Å². The van der Waals surface area contributed by atoms with E-state index in [4.69, 9.17) is 22.1 Å². The molecule has 14 heteroatoms. The Kier molecular flexibility index (Phi) is 9.87. The van der Waals surface area contributed by atoms with Gasteiger partial charge in [0.1, 0.15) is 5.60 Å². The molecule has 0 saturated carbocycles. The van der Waals surface area contributed by atoms with Crippen LogP contribution in [0.1, 0.15) is 61.2 Å². The second-order valence-electron chi connectivity index (χ2n) is 10.8. The third kappa shape index (κ3) is 8.73. The van der Waals surface area contributed by atoms with E-state index in [1.807, 2.05) is 0 Å². The SMILES string of the molecule is CCS(=O)(=O)c1ccc(Cl)cc1CNC(=O)c1cc(C(F)(F)F)c(CN2CC[C@@H](NC(=O)OC(C)(C)C)C2)cc1N. The number of alkyl carbamates (subject to hydrolysis) is 1. The maximum Gasteiger partial charge on any atom is 0.416 e. The molecule has 9 nitrogen and oxygen atoms in total. The molecule has 0 radical (unpaired) electrons. The number of nitrogens with zero attached hydrogens (tertiary/aromatic N) is 1. The first-order valence-electron chi connectivity index (χ1n) is 12.9. The molecule has 1 aliphatic heterocycles. The predicted octanol–water partition coefficient (Wildman–Crippen LogP) is 4.76. The van der Waals surface area contributed by atoms with Crippen molar-refractivity contribution in [2.75, 3.05) is 24.6 Å². The summed E-state index contributed by atoms with van der Waals surface area (Å²) in [6.45, 7) is 6.99. The highest BCUT2D eigenvalue weighted by molar-refractivity contribution is 7.91. The zero-order valence-corrected chi connectivity index (χ0v) is 24.8. The summed E-state index contributed by atoms with van der Waals surface area (Å²) in [6, 6.07) is 5.62. The van der Waals surface area contributed by atoms with Gasteiger partial charge in [-0.2, -0.15) is 13.2 Å². The molecule has 2 aromatic carbocycles. The van der Waals surface area contributed by atoms with E-state index in [0.29, 0.717) is 25.6 Å². The van der Waals surface area contributed by atoms with Crippen molar-refractivity contribution < 1.29 is 35.9 Å². The van der Waals surface area contributed by atoms with Crippen LogP contribution in [0.4, 0.5) is 23.7 Å². The number of nitrogen functional groups attached to an aromatic ring is 1. The summed E-state index contributed by atoms with van der Waals surface area (Å²) in [5, 5.41) is 5.42. The van der Waals surface area contributed by atoms with Gasteiger partial charge in [-0.3, -0.25) is 9.69 Å². The van der Waals surface area contributed by atoms with Gasteiger partial charge in [-0.25, -0.2) is 13.2 Å². The number of amides is 2. The number of benzene rings is 2. The highest BCUT2D eigenvalue weighted by Gasteiger charge is 2.36. The Bertz CT molecular complexity index is 1410. The lowest BCUT2D eigenvalue weighted by atomic mass is 10.00. The van der Waals surface area contributed by atoms with E-state index in [2.05, 4.69) is 10.6 Å². The molecule has 1 heterocycles. The van der Waals surface area contributed by atoms with E-state index in [-0.39, 0.29) is 51.6 Å². The molecular weight excluding hydrogens is 585 g/mol. The fourth-order valence-electron chi connectivity index (χ4n) is 4.48. The molecule has 2 aromatic rings. The third-order valence-corrected chi connectivity index (χ3v) is 8.45. The van der Waals surface area contributed by atoms with Crippen LogP contribution < -0.4 is 16.4 Å². The van der Waals surface area contributed by atoms with Crippen LogP contribution in [0.25, 0.3) is 0 Å². The van der Waals surface area contributed by atoms with Crippen LogP contribution in [0, 0.1) is 0 Å². The van der Waals surface area contributed by atoms with Crippen molar-refractivity contribution in [2.45, 2.75) is 69.9 Å². The molecule has 4 N–H and O–H groups in total. The van der Waals surface area contributed by atoms with Gasteiger partial charge in [-0.15, -0.1) is 0 Å². The second-order valence-corrected chi connectivity index (χ2v) is 13.5. The van der Waals surface area contributed by atoms with E-state index in [1.165, 1.54) is 25.1 Å². The average molecular weight is 619 g/mol. The quantitative estimate of drug-likeness (QED) is 0.364. The number of carbonyl (C=O) groups excluding carboxylic acids is 2. The Hall–Kier alpha value is -3.03. The van der Waals surface area contributed by atoms with E-state index < -0.39 is 44.7 Å². The molecule has 226 valence electrons. The highest BCUT2D eigenvalue weighted by Crippen LogP contribution is 2.36. The second kappa shape index (κ2) is 12.5.